The summed E-state index contributed by atoms with van der Waals surface area (Å²) in [7, 11) is 4.00. The SMILES string of the molecule is CSc1ccccc1SNc1ccc(N)c(C(=N)c2ccc(N(C)C)cc2)c1. The molecule has 0 fully saturated rings. The van der Waals surface area contributed by atoms with Gasteiger partial charge >= 0.3 is 0 Å². The standard InChI is InChI=1S/C22H24N4S2/c1-26(2)17-11-8-15(9-12-17)22(24)18-14-16(10-13-19(18)23)25-28-21-7-5-4-6-20(21)27-3/h4-14,24-25H,23H2,1-3H3. The van der Waals surface area contributed by atoms with Gasteiger partial charge in [0.2, 0.25) is 0 Å². The minimum absolute atomic E-state index is 0.418. The maximum absolute atomic E-state index is 8.61. The van der Waals surface area contributed by atoms with Crippen molar-refractivity contribution in [3.05, 3.63) is 77.9 Å². The van der Waals surface area contributed by atoms with Gasteiger partial charge in [-0.15, -0.1) is 11.8 Å². The first-order valence-corrected chi connectivity index (χ1v) is 10.9. The number of hydrogen-bond acceptors (Lipinski definition) is 6. The highest BCUT2D eigenvalue weighted by molar-refractivity contribution is 8.02. The number of benzene rings is 3. The second kappa shape index (κ2) is 9.08. The Hall–Kier alpha value is -2.57. The van der Waals surface area contributed by atoms with Crippen LogP contribution in [0.3, 0.4) is 0 Å². The third-order valence-corrected chi connectivity index (χ3v) is 6.18. The van der Waals surface area contributed by atoms with Gasteiger partial charge in [-0.2, -0.15) is 0 Å². The largest absolute Gasteiger partial charge is 0.398 e. The summed E-state index contributed by atoms with van der Waals surface area (Å²) >= 11 is 3.29. The van der Waals surface area contributed by atoms with E-state index in [2.05, 4.69) is 23.1 Å². The molecular weight excluding hydrogens is 384 g/mol. The average Bonchev–Trinajstić information content (AvgIpc) is 2.73. The van der Waals surface area contributed by atoms with E-state index in [0.717, 1.165) is 22.5 Å². The molecule has 0 atom stereocenters. The number of rotatable bonds is 7. The molecule has 0 saturated heterocycles. The van der Waals surface area contributed by atoms with Crippen molar-refractivity contribution >= 4 is 46.5 Å². The van der Waals surface area contributed by atoms with Crippen molar-refractivity contribution in [2.24, 2.45) is 0 Å². The third-order valence-electron chi connectivity index (χ3n) is 4.34. The van der Waals surface area contributed by atoms with E-state index in [0.29, 0.717) is 11.4 Å². The molecule has 0 aromatic heterocycles. The van der Waals surface area contributed by atoms with E-state index >= 15 is 0 Å². The molecule has 0 bridgehead atoms. The van der Waals surface area contributed by atoms with E-state index in [9.17, 15) is 0 Å². The van der Waals surface area contributed by atoms with Crippen LogP contribution in [0, 0.1) is 5.41 Å². The van der Waals surface area contributed by atoms with Gasteiger partial charge in [0.15, 0.2) is 0 Å². The Balaban J connectivity index is 1.80. The lowest BCUT2D eigenvalue weighted by Crippen LogP contribution is -2.10. The highest BCUT2D eigenvalue weighted by Crippen LogP contribution is 2.31. The van der Waals surface area contributed by atoms with E-state index in [4.69, 9.17) is 11.1 Å². The van der Waals surface area contributed by atoms with Gasteiger partial charge in [0.25, 0.3) is 0 Å². The second-order valence-electron chi connectivity index (χ2n) is 6.47. The molecule has 144 valence electrons. The minimum atomic E-state index is 0.418. The topological polar surface area (TPSA) is 65.1 Å². The van der Waals surface area contributed by atoms with Crippen LogP contribution in [0.5, 0.6) is 0 Å². The molecule has 4 nitrogen and oxygen atoms in total. The molecule has 0 saturated carbocycles. The molecule has 0 amide bonds. The zero-order valence-corrected chi connectivity index (χ0v) is 17.8. The molecule has 0 spiro atoms. The summed E-state index contributed by atoms with van der Waals surface area (Å²) in [6.07, 6.45) is 2.07. The number of anilines is 3. The Kier molecular flexibility index (Phi) is 6.54. The van der Waals surface area contributed by atoms with Crippen molar-refractivity contribution in [3.8, 4) is 0 Å². The van der Waals surface area contributed by atoms with Crippen molar-refractivity contribution in [1.82, 2.24) is 0 Å². The zero-order valence-electron chi connectivity index (χ0n) is 16.2. The summed E-state index contributed by atoms with van der Waals surface area (Å²) in [5.41, 5.74) is 10.8. The first kappa shape index (κ1) is 20.2. The van der Waals surface area contributed by atoms with Gasteiger partial charge in [-0.05, 0) is 60.7 Å². The summed E-state index contributed by atoms with van der Waals surface area (Å²) < 4.78 is 3.38. The van der Waals surface area contributed by atoms with Gasteiger partial charge < -0.3 is 15.4 Å². The van der Waals surface area contributed by atoms with E-state index in [-0.39, 0.29) is 0 Å². The summed E-state index contributed by atoms with van der Waals surface area (Å²) in [5, 5.41) is 8.61. The van der Waals surface area contributed by atoms with Gasteiger partial charge in [-0.25, -0.2) is 0 Å². The van der Waals surface area contributed by atoms with Gasteiger partial charge in [0.05, 0.1) is 5.71 Å². The Morgan fingerprint density at radius 3 is 2.29 bits per heavy atom. The first-order valence-electron chi connectivity index (χ1n) is 8.81. The quantitative estimate of drug-likeness (QED) is 0.206. The highest BCUT2D eigenvalue weighted by atomic mass is 32.2. The van der Waals surface area contributed by atoms with Crippen LogP contribution in [0.25, 0.3) is 0 Å². The van der Waals surface area contributed by atoms with Crippen LogP contribution in [0.2, 0.25) is 0 Å². The van der Waals surface area contributed by atoms with Crippen LogP contribution in [0.1, 0.15) is 11.1 Å². The van der Waals surface area contributed by atoms with Gasteiger partial charge in [-0.3, -0.25) is 5.41 Å². The average molecular weight is 409 g/mol. The fourth-order valence-electron chi connectivity index (χ4n) is 2.74. The molecule has 3 aromatic rings. The Labute approximate surface area is 175 Å². The number of hydrogen-bond donors (Lipinski definition) is 3. The van der Waals surface area contributed by atoms with Gasteiger partial charge in [0.1, 0.15) is 0 Å². The lowest BCUT2D eigenvalue weighted by atomic mass is 10.00. The van der Waals surface area contributed by atoms with Crippen molar-refractivity contribution in [1.29, 1.82) is 5.41 Å². The predicted octanol–water partition coefficient (Wildman–Crippen LogP) is 5.59. The predicted molar refractivity (Wildman–Crippen MR) is 125 cm³/mol. The van der Waals surface area contributed by atoms with Gasteiger partial charge in [0, 0.05) is 52.1 Å². The molecular formula is C22H24N4S2. The van der Waals surface area contributed by atoms with Crippen LogP contribution < -0.4 is 15.4 Å². The van der Waals surface area contributed by atoms with Crippen LogP contribution in [-0.4, -0.2) is 26.1 Å². The lowest BCUT2D eigenvalue weighted by Gasteiger charge is -2.15. The number of nitrogens with zero attached hydrogens (tertiary/aromatic N) is 1. The first-order chi connectivity index (χ1) is 13.5. The molecule has 28 heavy (non-hydrogen) atoms. The molecule has 4 N–H and O–H groups in total. The van der Waals surface area contributed by atoms with Crippen molar-refractivity contribution in [2.75, 3.05) is 35.7 Å². The number of thioether (sulfide) groups is 1. The molecule has 0 heterocycles. The zero-order chi connectivity index (χ0) is 20.1. The summed E-state index contributed by atoms with van der Waals surface area (Å²) in [5.74, 6) is 0. The molecule has 3 rings (SSSR count). The summed E-state index contributed by atoms with van der Waals surface area (Å²) in [4.78, 5) is 4.43. The van der Waals surface area contributed by atoms with Crippen LogP contribution in [-0.2, 0) is 0 Å². The monoisotopic (exact) mass is 408 g/mol. The van der Waals surface area contributed by atoms with E-state index < -0.39 is 0 Å². The van der Waals surface area contributed by atoms with E-state index in [1.54, 1.807) is 23.7 Å². The molecule has 0 aliphatic carbocycles. The number of nitrogen functional groups attached to an aromatic ring is 1. The van der Waals surface area contributed by atoms with Crippen molar-refractivity contribution in [3.63, 3.8) is 0 Å². The van der Waals surface area contributed by atoms with Crippen LogP contribution in [0.4, 0.5) is 17.1 Å². The molecule has 0 aliphatic heterocycles. The smallest absolute Gasteiger partial charge is 0.0706 e. The maximum Gasteiger partial charge on any atom is 0.0706 e. The Morgan fingerprint density at radius 1 is 0.964 bits per heavy atom. The third kappa shape index (κ3) is 4.64. The molecule has 6 heteroatoms. The fourth-order valence-corrected chi connectivity index (χ4v) is 4.26. The van der Waals surface area contributed by atoms with Crippen molar-refractivity contribution < 1.29 is 0 Å². The maximum atomic E-state index is 8.61. The number of nitrogens with two attached hydrogens (primary N) is 1. The lowest BCUT2D eigenvalue weighted by molar-refractivity contribution is 1.13. The number of nitrogens with one attached hydrogen (secondary N) is 2. The molecule has 0 aliphatic rings. The summed E-state index contributed by atoms with van der Waals surface area (Å²) in [6, 6.07) is 21.9. The van der Waals surface area contributed by atoms with Crippen LogP contribution in [0.15, 0.2) is 76.5 Å². The van der Waals surface area contributed by atoms with E-state index in [1.807, 2.05) is 73.6 Å². The molecule has 3 aromatic carbocycles. The second-order valence-corrected chi connectivity index (χ2v) is 8.17. The normalized spacial score (nSPS) is 10.5. The van der Waals surface area contributed by atoms with Gasteiger partial charge in [-0.1, -0.05) is 24.3 Å². The highest BCUT2D eigenvalue weighted by Gasteiger charge is 2.11. The molecule has 0 radical (unpaired) electrons. The Morgan fingerprint density at radius 2 is 1.64 bits per heavy atom. The molecule has 0 unspecified atom stereocenters. The Bertz CT molecular complexity index is 969. The minimum Gasteiger partial charge on any atom is -0.398 e. The fraction of sp³-hybridized carbons (Fsp3) is 0.136. The summed E-state index contributed by atoms with van der Waals surface area (Å²) in [6.45, 7) is 0. The van der Waals surface area contributed by atoms with E-state index in [1.165, 1.54) is 9.79 Å². The van der Waals surface area contributed by atoms with Crippen LogP contribution >= 0.6 is 23.7 Å². The van der Waals surface area contributed by atoms with Crippen molar-refractivity contribution in [2.45, 2.75) is 9.79 Å².